The molecule has 1 aliphatic heterocycles. The van der Waals surface area contributed by atoms with E-state index in [2.05, 4.69) is 4.74 Å². The van der Waals surface area contributed by atoms with Crippen LogP contribution in [0.25, 0.3) is 0 Å². The molecule has 0 saturated carbocycles. The summed E-state index contributed by atoms with van der Waals surface area (Å²) in [6, 6.07) is 8.87. The Bertz CT molecular complexity index is 872. The van der Waals surface area contributed by atoms with Crippen LogP contribution in [0, 0.1) is 10.1 Å². The molecule has 114 valence electrons. The number of esters is 3. The monoisotopic (exact) mass is 313 g/mol. The summed E-state index contributed by atoms with van der Waals surface area (Å²) in [4.78, 5) is 44.8. The highest BCUT2D eigenvalue weighted by Crippen LogP contribution is 2.25. The zero-order valence-electron chi connectivity index (χ0n) is 11.3. The van der Waals surface area contributed by atoms with Crippen molar-refractivity contribution in [1.29, 1.82) is 0 Å². The normalized spacial score (nSPS) is 12.5. The smallest absolute Gasteiger partial charge is 0.347 e. The molecule has 3 rings (SSSR count). The Labute approximate surface area is 128 Å². The van der Waals surface area contributed by atoms with Crippen LogP contribution >= 0.6 is 0 Å². The summed E-state index contributed by atoms with van der Waals surface area (Å²) in [5.41, 5.74) is -0.176. The molecule has 0 radical (unpaired) electrons. The van der Waals surface area contributed by atoms with Gasteiger partial charge in [-0.25, -0.2) is 14.4 Å². The number of nitro benzene ring substituents is 1. The second-order valence-electron chi connectivity index (χ2n) is 4.58. The topological polar surface area (TPSA) is 113 Å². The molecule has 0 bridgehead atoms. The number of carbonyl (C=O) groups excluding carboxylic acids is 3. The maximum Gasteiger partial charge on any atom is 0.347 e. The summed E-state index contributed by atoms with van der Waals surface area (Å²) in [5, 5.41) is 10.7. The van der Waals surface area contributed by atoms with Crippen molar-refractivity contribution in [1.82, 2.24) is 0 Å². The van der Waals surface area contributed by atoms with E-state index in [1.54, 1.807) is 0 Å². The van der Waals surface area contributed by atoms with E-state index in [-0.39, 0.29) is 28.1 Å². The molecule has 1 heterocycles. The maximum absolute atomic E-state index is 12.0. The first-order valence-corrected chi connectivity index (χ1v) is 6.33. The largest absolute Gasteiger partial charge is 0.423 e. The van der Waals surface area contributed by atoms with Crippen LogP contribution in [0.4, 0.5) is 5.69 Å². The highest BCUT2D eigenvalue weighted by atomic mass is 16.6. The van der Waals surface area contributed by atoms with Crippen LogP contribution in [-0.2, 0) is 4.74 Å². The summed E-state index contributed by atoms with van der Waals surface area (Å²) < 4.78 is 9.49. The summed E-state index contributed by atoms with van der Waals surface area (Å²) in [7, 11) is 0. The molecule has 8 heteroatoms. The lowest BCUT2D eigenvalue weighted by molar-refractivity contribution is -0.384. The van der Waals surface area contributed by atoms with Crippen LogP contribution in [-0.4, -0.2) is 22.8 Å². The van der Waals surface area contributed by atoms with Crippen LogP contribution < -0.4 is 4.74 Å². The molecule has 0 saturated heterocycles. The number of benzene rings is 2. The van der Waals surface area contributed by atoms with Crippen molar-refractivity contribution in [2.24, 2.45) is 0 Å². The van der Waals surface area contributed by atoms with Gasteiger partial charge in [-0.3, -0.25) is 10.1 Å². The molecular formula is C15H7NO7. The molecule has 0 unspecified atom stereocenters. The van der Waals surface area contributed by atoms with Crippen molar-refractivity contribution in [3.05, 3.63) is 69.3 Å². The van der Waals surface area contributed by atoms with Gasteiger partial charge in [-0.15, -0.1) is 0 Å². The van der Waals surface area contributed by atoms with Crippen LogP contribution in [0.3, 0.4) is 0 Å². The standard InChI is InChI=1S/C15H7NO7/c17-13(8-2-1-3-9(6-8)16(20)21)22-10-4-5-11-12(7-10)15(19)23-14(11)18/h1-7H. The van der Waals surface area contributed by atoms with Crippen molar-refractivity contribution in [2.45, 2.75) is 0 Å². The number of non-ortho nitro benzene ring substituents is 1. The molecule has 0 amide bonds. The highest BCUT2D eigenvalue weighted by Gasteiger charge is 2.30. The molecule has 0 fully saturated rings. The minimum absolute atomic E-state index is 0.000609. The molecule has 8 nitrogen and oxygen atoms in total. The predicted octanol–water partition coefficient (Wildman–Crippen LogP) is 2.12. The lowest BCUT2D eigenvalue weighted by atomic mass is 10.1. The van der Waals surface area contributed by atoms with E-state index in [1.165, 1.54) is 36.4 Å². The minimum Gasteiger partial charge on any atom is -0.423 e. The molecular weight excluding hydrogens is 306 g/mol. The summed E-state index contributed by atoms with van der Waals surface area (Å²) in [6.45, 7) is 0. The average Bonchev–Trinajstić information content (AvgIpc) is 2.81. The summed E-state index contributed by atoms with van der Waals surface area (Å²) in [6.07, 6.45) is 0. The zero-order valence-corrected chi connectivity index (χ0v) is 11.3. The third kappa shape index (κ3) is 2.64. The first kappa shape index (κ1) is 14.4. The van der Waals surface area contributed by atoms with E-state index >= 15 is 0 Å². The van der Waals surface area contributed by atoms with Crippen molar-refractivity contribution in [3.63, 3.8) is 0 Å². The van der Waals surface area contributed by atoms with Gasteiger partial charge in [0, 0.05) is 12.1 Å². The Hall–Kier alpha value is -3.55. The lowest BCUT2D eigenvalue weighted by Crippen LogP contribution is -2.09. The third-order valence-corrected chi connectivity index (χ3v) is 3.12. The van der Waals surface area contributed by atoms with E-state index in [9.17, 15) is 24.5 Å². The van der Waals surface area contributed by atoms with Crippen molar-refractivity contribution >= 4 is 23.6 Å². The van der Waals surface area contributed by atoms with E-state index in [0.29, 0.717) is 0 Å². The van der Waals surface area contributed by atoms with E-state index in [4.69, 9.17) is 4.74 Å². The van der Waals surface area contributed by atoms with Gasteiger partial charge in [-0.1, -0.05) is 6.07 Å². The zero-order chi connectivity index (χ0) is 16.6. The molecule has 0 spiro atoms. The number of ether oxygens (including phenoxy) is 2. The Balaban J connectivity index is 1.85. The van der Waals surface area contributed by atoms with Crippen molar-refractivity contribution < 1.29 is 28.8 Å². The van der Waals surface area contributed by atoms with Gasteiger partial charge in [0.25, 0.3) is 5.69 Å². The van der Waals surface area contributed by atoms with Gasteiger partial charge in [0.15, 0.2) is 0 Å². The SMILES string of the molecule is O=C(Oc1ccc2c(c1)C(=O)OC2=O)c1cccc([N+](=O)[O-])c1. The predicted molar refractivity (Wildman–Crippen MR) is 74.2 cm³/mol. The fraction of sp³-hybridized carbons (Fsp3) is 0. The number of rotatable bonds is 3. The lowest BCUT2D eigenvalue weighted by Gasteiger charge is -2.05. The van der Waals surface area contributed by atoms with Gasteiger partial charge < -0.3 is 9.47 Å². The molecule has 2 aromatic carbocycles. The molecule has 0 aromatic heterocycles. The molecule has 0 atom stereocenters. The van der Waals surface area contributed by atoms with Crippen molar-refractivity contribution in [3.8, 4) is 5.75 Å². The number of carbonyl (C=O) groups is 3. The molecule has 1 aliphatic rings. The average molecular weight is 313 g/mol. The van der Waals surface area contributed by atoms with Crippen LogP contribution in [0.2, 0.25) is 0 Å². The van der Waals surface area contributed by atoms with E-state index < -0.39 is 22.8 Å². The van der Waals surface area contributed by atoms with Gasteiger partial charge >= 0.3 is 17.9 Å². The Morgan fingerprint density at radius 3 is 2.52 bits per heavy atom. The number of nitro groups is 1. The fourth-order valence-electron chi connectivity index (χ4n) is 2.04. The van der Waals surface area contributed by atoms with Gasteiger partial charge in [0.2, 0.25) is 0 Å². The van der Waals surface area contributed by atoms with Crippen LogP contribution in [0.5, 0.6) is 5.75 Å². The molecule has 23 heavy (non-hydrogen) atoms. The van der Waals surface area contributed by atoms with Gasteiger partial charge in [-0.2, -0.15) is 0 Å². The first-order valence-electron chi connectivity index (χ1n) is 6.33. The first-order chi connectivity index (χ1) is 11.0. The maximum atomic E-state index is 12.0. The number of hydrogen-bond acceptors (Lipinski definition) is 7. The Morgan fingerprint density at radius 1 is 1.04 bits per heavy atom. The third-order valence-electron chi connectivity index (χ3n) is 3.12. The Morgan fingerprint density at radius 2 is 1.78 bits per heavy atom. The van der Waals surface area contributed by atoms with Gasteiger partial charge in [0.05, 0.1) is 21.6 Å². The number of cyclic esters (lactones) is 2. The summed E-state index contributed by atoms with van der Waals surface area (Å²) in [5.74, 6) is -2.39. The number of fused-ring (bicyclic) bond motifs is 1. The quantitative estimate of drug-likeness (QED) is 0.280. The molecule has 0 N–H and O–H groups in total. The van der Waals surface area contributed by atoms with E-state index in [0.717, 1.165) is 6.07 Å². The Kier molecular flexibility index (Phi) is 3.34. The van der Waals surface area contributed by atoms with Crippen molar-refractivity contribution in [2.75, 3.05) is 0 Å². The van der Waals surface area contributed by atoms with Crippen LogP contribution in [0.1, 0.15) is 31.1 Å². The van der Waals surface area contributed by atoms with Gasteiger partial charge in [-0.05, 0) is 24.3 Å². The van der Waals surface area contributed by atoms with Crippen LogP contribution in [0.15, 0.2) is 42.5 Å². The molecule has 2 aromatic rings. The fourth-order valence-corrected chi connectivity index (χ4v) is 2.04. The second kappa shape index (κ2) is 5.34. The number of hydrogen-bond donors (Lipinski definition) is 0. The summed E-state index contributed by atoms with van der Waals surface area (Å²) >= 11 is 0. The second-order valence-corrected chi connectivity index (χ2v) is 4.58. The van der Waals surface area contributed by atoms with Gasteiger partial charge in [0.1, 0.15) is 5.75 Å². The minimum atomic E-state index is -0.827. The highest BCUT2D eigenvalue weighted by molar-refractivity contribution is 6.14. The van der Waals surface area contributed by atoms with E-state index in [1.807, 2.05) is 0 Å². The molecule has 0 aliphatic carbocycles. The number of nitrogens with zero attached hydrogens (tertiary/aromatic N) is 1.